The predicted molar refractivity (Wildman–Crippen MR) is 100 cm³/mol. The highest BCUT2D eigenvalue weighted by Gasteiger charge is 2.35. The van der Waals surface area contributed by atoms with Gasteiger partial charge in [0.05, 0.1) is 6.04 Å². The lowest BCUT2D eigenvalue weighted by atomic mass is 9.82. The van der Waals surface area contributed by atoms with Crippen LogP contribution in [0.25, 0.3) is 0 Å². The van der Waals surface area contributed by atoms with Crippen molar-refractivity contribution in [2.45, 2.75) is 12.0 Å². The van der Waals surface area contributed by atoms with Crippen LogP contribution >= 0.6 is 0 Å². The van der Waals surface area contributed by atoms with E-state index < -0.39 is 0 Å². The van der Waals surface area contributed by atoms with Crippen LogP contribution in [-0.2, 0) is 0 Å². The molecule has 4 rings (SSSR count). The fourth-order valence-corrected chi connectivity index (χ4v) is 3.52. The molecule has 0 aromatic heterocycles. The molecule has 124 valence electrons. The molecule has 4 nitrogen and oxygen atoms in total. The molecule has 0 spiro atoms. The van der Waals surface area contributed by atoms with Crippen LogP contribution in [0, 0.1) is 0 Å². The van der Waals surface area contributed by atoms with Crippen molar-refractivity contribution in [1.29, 1.82) is 0 Å². The number of anilines is 2. The van der Waals surface area contributed by atoms with Crippen molar-refractivity contribution in [2.24, 2.45) is 0 Å². The van der Waals surface area contributed by atoms with Gasteiger partial charge in [-0.05, 0) is 47.0 Å². The summed E-state index contributed by atoms with van der Waals surface area (Å²) < 4.78 is 0. The monoisotopic (exact) mass is 329 g/mol. The van der Waals surface area contributed by atoms with Gasteiger partial charge in [0.2, 0.25) is 0 Å². The minimum Gasteiger partial charge on any atom is -0.399 e. The lowest BCUT2D eigenvalue weighted by Crippen LogP contribution is -2.25. The molecule has 1 atom stereocenters. The summed E-state index contributed by atoms with van der Waals surface area (Å²) in [5, 5.41) is 3.14. The zero-order valence-corrected chi connectivity index (χ0v) is 13.6. The number of fused-ring (bicyclic) bond motifs is 1. The van der Waals surface area contributed by atoms with E-state index in [1.807, 2.05) is 72.8 Å². The number of hydrogen-bond acceptors (Lipinski definition) is 3. The number of carbonyl (C=O) groups is 1. The van der Waals surface area contributed by atoms with E-state index in [-0.39, 0.29) is 17.9 Å². The van der Waals surface area contributed by atoms with Gasteiger partial charge in [-0.3, -0.25) is 4.79 Å². The summed E-state index contributed by atoms with van der Waals surface area (Å²) in [7, 11) is 0. The summed E-state index contributed by atoms with van der Waals surface area (Å²) in [4.78, 5) is 12.4. The molecule has 5 N–H and O–H groups in total. The third kappa shape index (κ3) is 2.72. The molecule has 25 heavy (non-hydrogen) atoms. The first-order chi connectivity index (χ1) is 12.1. The Balaban J connectivity index is 1.85. The second-order valence-corrected chi connectivity index (χ2v) is 6.35. The maximum atomic E-state index is 12.4. The number of carbonyl (C=O) groups excluding carboxylic acids is 1. The smallest absolute Gasteiger partial charge is 0.252 e. The summed E-state index contributed by atoms with van der Waals surface area (Å²) in [6.45, 7) is 0. The Hall–Kier alpha value is -3.27. The standard InChI is InChI=1S/C21H19N3O/c22-15-9-5-13(6-10-15)19(14-7-11-16(23)12-8-14)20-17-3-1-2-4-18(17)21(25)24-20/h1-12,19-20H,22-23H2,(H,24,25). The van der Waals surface area contributed by atoms with Crippen LogP contribution in [0.15, 0.2) is 72.8 Å². The van der Waals surface area contributed by atoms with Gasteiger partial charge < -0.3 is 16.8 Å². The zero-order chi connectivity index (χ0) is 17.4. The third-order valence-corrected chi connectivity index (χ3v) is 4.75. The molecule has 0 saturated carbocycles. The molecular weight excluding hydrogens is 310 g/mol. The minimum atomic E-state index is -0.129. The first-order valence-electron chi connectivity index (χ1n) is 8.24. The van der Waals surface area contributed by atoms with Gasteiger partial charge in [0.1, 0.15) is 0 Å². The molecule has 1 amide bonds. The van der Waals surface area contributed by atoms with E-state index in [1.54, 1.807) is 0 Å². The average Bonchev–Trinajstić information content (AvgIpc) is 2.96. The SMILES string of the molecule is Nc1ccc(C(c2ccc(N)cc2)C2NC(=O)c3ccccc32)cc1. The molecule has 4 heteroatoms. The van der Waals surface area contributed by atoms with Crippen molar-refractivity contribution in [1.82, 2.24) is 5.32 Å². The molecule has 1 unspecified atom stereocenters. The van der Waals surface area contributed by atoms with Crippen LogP contribution < -0.4 is 16.8 Å². The summed E-state index contributed by atoms with van der Waals surface area (Å²) >= 11 is 0. The first kappa shape index (κ1) is 15.3. The van der Waals surface area contributed by atoms with Gasteiger partial charge in [0.15, 0.2) is 0 Å². The third-order valence-electron chi connectivity index (χ3n) is 4.75. The molecule has 1 heterocycles. The maximum Gasteiger partial charge on any atom is 0.252 e. The predicted octanol–water partition coefficient (Wildman–Crippen LogP) is 3.47. The van der Waals surface area contributed by atoms with Gasteiger partial charge in [0, 0.05) is 22.9 Å². The normalized spacial score (nSPS) is 15.9. The van der Waals surface area contributed by atoms with E-state index in [9.17, 15) is 4.79 Å². The number of nitrogens with two attached hydrogens (primary N) is 2. The van der Waals surface area contributed by atoms with Crippen LogP contribution in [0.5, 0.6) is 0 Å². The van der Waals surface area contributed by atoms with E-state index >= 15 is 0 Å². The van der Waals surface area contributed by atoms with Gasteiger partial charge in [-0.2, -0.15) is 0 Å². The lowest BCUT2D eigenvalue weighted by molar-refractivity contribution is 0.0954. The quantitative estimate of drug-likeness (QED) is 0.644. The zero-order valence-electron chi connectivity index (χ0n) is 13.6. The van der Waals surface area contributed by atoms with Gasteiger partial charge in [0.25, 0.3) is 5.91 Å². The Morgan fingerprint density at radius 2 is 1.28 bits per heavy atom. The van der Waals surface area contributed by atoms with Crippen LogP contribution in [0.4, 0.5) is 11.4 Å². The van der Waals surface area contributed by atoms with E-state index in [0.717, 1.165) is 33.6 Å². The number of amides is 1. The Morgan fingerprint density at radius 1 is 0.760 bits per heavy atom. The van der Waals surface area contributed by atoms with Crippen LogP contribution in [0.1, 0.15) is 39.0 Å². The second-order valence-electron chi connectivity index (χ2n) is 6.35. The van der Waals surface area contributed by atoms with E-state index in [4.69, 9.17) is 11.5 Å². The summed E-state index contributed by atoms with van der Waals surface area (Å²) in [5.74, 6) is -0.0507. The first-order valence-corrected chi connectivity index (χ1v) is 8.24. The summed E-state index contributed by atoms with van der Waals surface area (Å²) in [5.41, 5.74) is 17.1. The van der Waals surface area contributed by atoms with Crippen molar-refractivity contribution in [3.05, 3.63) is 95.1 Å². The van der Waals surface area contributed by atoms with Crippen LogP contribution in [0.3, 0.4) is 0 Å². The Bertz CT molecular complexity index is 871. The summed E-state index contributed by atoms with van der Waals surface area (Å²) in [6, 6.07) is 23.2. The molecule has 0 aliphatic carbocycles. The Kier molecular flexibility index (Phi) is 3.65. The van der Waals surface area contributed by atoms with Gasteiger partial charge in [-0.15, -0.1) is 0 Å². The molecule has 3 aromatic carbocycles. The largest absolute Gasteiger partial charge is 0.399 e. The lowest BCUT2D eigenvalue weighted by Gasteiger charge is -2.26. The van der Waals surface area contributed by atoms with Gasteiger partial charge in [-0.25, -0.2) is 0 Å². The highest BCUT2D eigenvalue weighted by Crippen LogP contribution is 2.41. The van der Waals surface area contributed by atoms with Crippen molar-refractivity contribution >= 4 is 17.3 Å². The number of benzene rings is 3. The average molecular weight is 329 g/mol. The summed E-state index contributed by atoms with van der Waals surface area (Å²) in [6.07, 6.45) is 0. The minimum absolute atomic E-state index is 0.0196. The number of nitrogen functional groups attached to an aromatic ring is 2. The molecule has 0 bridgehead atoms. The maximum absolute atomic E-state index is 12.4. The topological polar surface area (TPSA) is 81.1 Å². The van der Waals surface area contributed by atoms with Crippen LogP contribution in [-0.4, -0.2) is 5.91 Å². The fourth-order valence-electron chi connectivity index (χ4n) is 3.52. The Labute approximate surface area is 146 Å². The fraction of sp³-hybridized carbons (Fsp3) is 0.0952. The van der Waals surface area contributed by atoms with Gasteiger partial charge in [-0.1, -0.05) is 42.5 Å². The van der Waals surface area contributed by atoms with Crippen molar-refractivity contribution in [3.8, 4) is 0 Å². The van der Waals surface area contributed by atoms with Crippen molar-refractivity contribution in [2.75, 3.05) is 11.5 Å². The van der Waals surface area contributed by atoms with E-state index in [0.29, 0.717) is 0 Å². The number of rotatable bonds is 3. The molecule has 3 aromatic rings. The molecule has 1 aliphatic rings. The number of nitrogens with one attached hydrogen (secondary N) is 1. The Morgan fingerprint density at radius 3 is 1.84 bits per heavy atom. The van der Waals surface area contributed by atoms with Crippen molar-refractivity contribution in [3.63, 3.8) is 0 Å². The van der Waals surface area contributed by atoms with Crippen molar-refractivity contribution < 1.29 is 4.79 Å². The van der Waals surface area contributed by atoms with Crippen LogP contribution in [0.2, 0.25) is 0 Å². The highest BCUT2D eigenvalue weighted by molar-refractivity contribution is 5.99. The van der Waals surface area contributed by atoms with E-state index in [2.05, 4.69) is 5.32 Å². The molecule has 0 fully saturated rings. The highest BCUT2D eigenvalue weighted by atomic mass is 16.2. The molecule has 1 aliphatic heterocycles. The molecular formula is C21H19N3O. The second kappa shape index (κ2) is 5.98. The van der Waals surface area contributed by atoms with E-state index in [1.165, 1.54) is 0 Å². The molecule has 0 saturated heterocycles. The van der Waals surface area contributed by atoms with Gasteiger partial charge >= 0.3 is 0 Å². The number of hydrogen-bond donors (Lipinski definition) is 3. The molecule has 0 radical (unpaired) electrons.